The molecule has 5 nitrogen and oxygen atoms in total. The fourth-order valence-corrected chi connectivity index (χ4v) is 1.24. The number of amides is 2. The predicted octanol–water partition coefficient (Wildman–Crippen LogP) is -0.371. The molecular formula is C8H14N2O3. The third-order valence-corrected chi connectivity index (χ3v) is 2.12. The van der Waals surface area contributed by atoms with Crippen LogP contribution < -0.4 is 0 Å². The van der Waals surface area contributed by atoms with E-state index in [4.69, 9.17) is 4.84 Å². The number of hydrogen-bond donors (Lipinski definition) is 0. The van der Waals surface area contributed by atoms with Crippen molar-refractivity contribution in [2.45, 2.75) is 12.8 Å². The van der Waals surface area contributed by atoms with Crippen LogP contribution in [0.4, 0.5) is 0 Å². The van der Waals surface area contributed by atoms with Crippen molar-refractivity contribution in [1.82, 2.24) is 9.96 Å². The van der Waals surface area contributed by atoms with Crippen LogP contribution in [-0.4, -0.2) is 49.0 Å². The fraction of sp³-hybridized carbons (Fsp3) is 0.750. The Balaban J connectivity index is 2.39. The summed E-state index contributed by atoms with van der Waals surface area (Å²) in [5.41, 5.74) is 0. The lowest BCUT2D eigenvalue weighted by atomic mass is 10.4. The van der Waals surface area contributed by atoms with Gasteiger partial charge in [-0.25, -0.2) is 5.06 Å². The Bertz CT molecular complexity index is 217. The van der Waals surface area contributed by atoms with Crippen LogP contribution in [0, 0.1) is 0 Å². The van der Waals surface area contributed by atoms with Crippen molar-refractivity contribution in [3.05, 3.63) is 0 Å². The first-order valence-electron chi connectivity index (χ1n) is 4.23. The molecule has 13 heavy (non-hydrogen) atoms. The number of hydrogen-bond acceptors (Lipinski definition) is 3. The summed E-state index contributed by atoms with van der Waals surface area (Å²) in [7, 11) is 2.95. The molecule has 0 unspecified atom stereocenters. The van der Waals surface area contributed by atoms with Crippen molar-refractivity contribution in [2.24, 2.45) is 0 Å². The van der Waals surface area contributed by atoms with Crippen molar-refractivity contribution in [3.8, 4) is 0 Å². The van der Waals surface area contributed by atoms with E-state index in [1.807, 2.05) is 0 Å². The minimum absolute atomic E-state index is 0.0536. The maximum Gasteiger partial charge on any atom is 0.265 e. The zero-order valence-corrected chi connectivity index (χ0v) is 7.95. The first kappa shape index (κ1) is 9.98. The van der Waals surface area contributed by atoms with E-state index in [1.54, 1.807) is 4.90 Å². The average Bonchev–Trinajstić information content (AvgIpc) is 2.50. The molecule has 1 heterocycles. The SMILES string of the molecule is CON(C)C(=O)CN1CCCC1=O. The lowest BCUT2D eigenvalue weighted by molar-refractivity contribution is -0.170. The van der Waals surface area contributed by atoms with Gasteiger partial charge in [-0.2, -0.15) is 0 Å². The predicted molar refractivity (Wildman–Crippen MR) is 45.6 cm³/mol. The molecule has 1 aliphatic rings. The summed E-state index contributed by atoms with van der Waals surface area (Å²) < 4.78 is 0. The standard InChI is InChI=1S/C8H14N2O3/c1-9(13-2)8(12)6-10-5-3-4-7(10)11/h3-6H2,1-2H3. The van der Waals surface area contributed by atoms with Crippen molar-refractivity contribution in [3.63, 3.8) is 0 Å². The summed E-state index contributed by atoms with van der Waals surface area (Å²) in [4.78, 5) is 28.7. The number of hydroxylamine groups is 2. The van der Waals surface area contributed by atoms with Crippen LogP contribution in [0.15, 0.2) is 0 Å². The van der Waals surface area contributed by atoms with E-state index in [0.717, 1.165) is 11.5 Å². The van der Waals surface area contributed by atoms with Gasteiger partial charge in [0.25, 0.3) is 5.91 Å². The van der Waals surface area contributed by atoms with Gasteiger partial charge in [-0.3, -0.25) is 14.4 Å². The minimum Gasteiger partial charge on any atom is -0.333 e. The number of rotatable bonds is 3. The second-order valence-electron chi connectivity index (χ2n) is 2.99. The monoisotopic (exact) mass is 186 g/mol. The zero-order valence-electron chi connectivity index (χ0n) is 7.95. The summed E-state index contributed by atoms with van der Waals surface area (Å²) >= 11 is 0. The largest absolute Gasteiger partial charge is 0.333 e. The van der Waals surface area contributed by atoms with Crippen LogP contribution in [0.2, 0.25) is 0 Å². The third-order valence-electron chi connectivity index (χ3n) is 2.12. The molecule has 0 N–H and O–H groups in total. The molecule has 1 rings (SSSR count). The van der Waals surface area contributed by atoms with Crippen LogP contribution >= 0.6 is 0 Å². The van der Waals surface area contributed by atoms with Crippen LogP contribution in [-0.2, 0) is 14.4 Å². The Labute approximate surface area is 77.2 Å². The topological polar surface area (TPSA) is 49.9 Å². The van der Waals surface area contributed by atoms with E-state index in [1.165, 1.54) is 14.2 Å². The van der Waals surface area contributed by atoms with Gasteiger partial charge in [-0.15, -0.1) is 0 Å². The number of likely N-dealkylation sites (N-methyl/N-ethyl adjacent to an activating group) is 1. The summed E-state index contributed by atoms with van der Waals surface area (Å²) in [6, 6.07) is 0. The van der Waals surface area contributed by atoms with Crippen molar-refractivity contribution < 1.29 is 14.4 Å². The molecule has 2 amide bonds. The molecule has 1 fully saturated rings. The number of likely N-dealkylation sites (tertiary alicyclic amines) is 1. The maximum absolute atomic E-state index is 11.3. The molecule has 74 valence electrons. The maximum atomic E-state index is 11.3. The van der Waals surface area contributed by atoms with E-state index < -0.39 is 0 Å². The fourth-order valence-electron chi connectivity index (χ4n) is 1.24. The lowest BCUT2D eigenvalue weighted by Crippen LogP contribution is -2.38. The Morgan fingerprint density at radius 3 is 2.85 bits per heavy atom. The molecule has 5 heteroatoms. The summed E-state index contributed by atoms with van der Waals surface area (Å²) in [5.74, 6) is -0.143. The molecule has 1 aliphatic heterocycles. The zero-order chi connectivity index (χ0) is 9.84. The highest BCUT2D eigenvalue weighted by atomic mass is 16.7. The normalized spacial score (nSPS) is 16.5. The van der Waals surface area contributed by atoms with E-state index >= 15 is 0 Å². The van der Waals surface area contributed by atoms with Crippen LogP contribution in [0.25, 0.3) is 0 Å². The molecule has 0 aliphatic carbocycles. The van der Waals surface area contributed by atoms with Gasteiger partial charge in [0.1, 0.15) is 6.54 Å². The van der Waals surface area contributed by atoms with Gasteiger partial charge in [0.2, 0.25) is 5.91 Å². The van der Waals surface area contributed by atoms with Crippen molar-refractivity contribution >= 4 is 11.8 Å². The highest BCUT2D eigenvalue weighted by molar-refractivity contribution is 5.85. The van der Waals surface area contributed by atoms with E-state index in [0.29, 0.717) is 13.0 Å². The Kier molecular flexibility index (Phi) is 3.25. The van der Waals surface area contributed by atoms with E-state index in [2.05, 4.69) is 0 Å². The molecular weight excluding hydrogens is 172 g/mol. The summed E-state index contributed by atoms with van der Waals surface area (Å²) in [6.45, 7) is 0.811. The highest BCUT2D eigenvalue weighted by Gasteiger charge is 2.23. The van der Waals surface area contributed by atoms with Crippen LogP contribution in [0.5, 0.6) is 0 Å². The molecule has 0 aromatic heterocycles. The molecule has 0 spiro atoms. The van der Waals surface area contributed by atoms with Gasteiger partial charge in [0, 0.05) is 20.0 Å². The number of carbonyl (C=O) groups is 2. The Hall–Kier alpha value is -1.10. The van der Waals surface area contributed by atoms with Crippen molar-refractivity contribution in [2.75, 3.05) is 27.2 Å². The molecule has 0 atom stereocenters. The second kappa shape index (κ2) is 4.23. The first-order chi connectivity index (χ1) is 6.15. The minimum atomic E-state index is -0.197. The van der Waals surface area contributed by atoms with Gasteiger partial charge in [-0.1, -0.05) is 0 Å². The Morgan fingerprint density at radius 2 is 2.38 bits per heavy atom. The van der Waals surface area contributed by atoms with Gasteiger partial charge in [0.05, 0.1) is 7.11 Å². The lowest BCUT2D eigenvalue weighted by Gasteiger charge is -2.19. The second-order valence-corrected chi connectivity index (χ2v) is 2.99. The van der Waals surface area contributed by atoms with Crippen molar-refractivity contribution in [1.29, 1.82) is 0 Å². The molecule has 0 radical (unpaired) electrons. The summed E-state index contributed by atoms with van der Waals surface area (Å²) in [6.07, 6.45) is 1.41. The van der Waals surface area contributed by atoms with Gasteiger partial charge in [0.15, 0.2) is 0 Å². The number of carbonyl (C=O) groups excluding carboxylic acids is 2. The smallest absolute Gasteiger partial charge is 0.265 e. The average molecular weight is 186 g/mol. The third kappa shape index (κ3) is 2.42. The van der Waals surface area contributed by atoms with E-state index in [9.17, 15) is 9.59 Å². The molecule has 0 aromatic rings. The Morgan fingerprint density at radius 1 is 1.69 bits per heavy atom. The quantitative estimate of drug-likeness (QED) is 0.565. The first-order valence-corrected chi connectivity index (χ1v) is 4.23. The molecule has 0 bridgehead atoms. The molecule has 1 saturated heterocycles. The van der Waals surface area contributed by atoms with Crippen LogP contribution in [0.1, 0.15) is 12.8 Å². The highest BCUT2D eigenvalue weighted by Crippen LogP contribution is 2.09. The van der Waals surface area contributed by atoms with E-state index in [-0.39, 0.29) is 18.4 Å². The van der Waals surface area contributed by atoms with Gasteiger partial charge >= 0.3 is 0 Å². The number of nitrogens with zero attached hydrogens (tertiary/aromatic N) is 2. The van der Waals surface area contributed by atoms with Gasteiger partial charge < -0.3 is 4.90 Å². The molecule has 0 saturated carbocycles. The van der Waals surface area contributed by atoms with Gasteiger partial charge in [-0.05, 0) is 6.42 Å². The molecule has 0 aromatic carbocycles. The van der Waals surface area contributed by atoms with Crippen LogP contribution in [0.3, 0.4) is 0 Å². The summed E-state index contributed by atoms with van der Waals surface area (Å²) in [5, 5.41) is 1.13.